The van der Waals surface area contributed by atoms with Crippen molar-refractivity contribution in [2.45, 2.75) is 79.0 Å². The first-order valence-corrected chi connectivity index (χ1v) is 16.7. The van der Waals surface area contributed by atoms with E-state index in [0.29, 0.717) is 36.1 Å². The Kier molecular flexibility index (Phi) is 13.9. The SMILES string of the molecule is CCOC(C)n1cc(-c2cccc(N)c2OC)cn1.CCOC(C)n1cc(B2OC(C)(C)C(C)(C)O2)cn1.COc1c(N)cccc1Br. The van der Waals surface area contributed by atoms with Crippen molar-refractivity contribution in [1.82, 2.24) is 19.6 Å². The Morgan fingerprint density at radius 2 is 1.29 bits per heavy atom. The second-order valence-electron chi connectivity index (χ2n) is 12.0. The number of nitrogens with two attached hydrogens (primary N) is 2. The zero-order valence-electron chi connectivity index (χ0n) is 29.7. The van der Waals surface area contributed by atoms with Crippen LogP contribution in [0, 0.1) is 0 Å². The third-order valence-electron chi connectivity index (χ3n) is 8.07. The van der Waals surface area contributed by atoms with Gasteiger partial charge in [0.15, 0.2) is 5.75 Å². The lowest BCUT2D eigenvalue weighted by Gasteiger charge is -2.32. The van der Waals surface area contributed by atoms with Crippen LogP contribution in [0.1, 0.15) is 67.8 Å². The van der Waals surface area contributed by atoms with Gasteiger partial charge < -0.3 is 39.7 Å². The molecule has 5 rings (SSSR count). The average molecular weight is 730 g/mol. The minimum Gasteiger partial charge on any atom is -0.494 e. The van der Waals surface area contributed by atoms with Crippen molar-refractivity contribution >= 4 is 39.9 Å². The molecule has 0 aliphatic carbocycles. The maximum atomic E-state index is 5.99. The van der Waals surface area contributed by atoms with Crippen LogP contribution in [0.2, 0.25) is 0 Å². The van der Waals surface area contributed by atoms with Crippen LogP contribution in [0.15, 0.2) is 65.7 Å². The number of hydrogen-bond acceptors (Lipinski definition) is 10. The fourth-order valence-electron chi connectivity index (χ4n) is 4.71. The molecule has 4 aromatic rings. The summed E-state index contributed by atoms with van der Waals surface area (Å²) in [6, 6.07) is 11.2. The van der Waals surface area contributed by atoms with Gasteiger partial charge in [0, 0.05) is 48.4 Å². The molecule has 0 amide bonds. The van der Waals surface area contributed by atoms with Crippen molar-refractivity contribution in [3.8, 4) is 22.6 Å². The molecular formula is C34H50BBrN6O6. The molecule has 2 unspecified atom stereocenters. The Morgan fingerprint density at radius 3 is 1.79 bits per heavy atom. The summed E-state index contributed by atoms with van der Waals surface area (Å²) < 4.78 is 37.8. The number of methoxy groups -OCH3 is 2. The molecule has 2 atom stereocenters. The van der Waals surface area contributed by atoms with Gasteiger partial charge in [0.2, 0.25) is 0 Å². The maximum Gasteiger partial charge on any atom is 0.498 e. The van der Waals surface area contributed by atoms with E-state index in [4.69, 9.17) is 39.7 Å². The normalized spacial score (nSPS) is 15.9. The van der Waals surface area contributed by atoms with Gasteiger partial charge >= 0.3 is 7.12 Å². The summed E-state index contributed by atoms with van der Waals surface area (Å²) in [5.41, 5.74) is 14.9. The highest BCUT2D eigenvalue weighted by Crippen LogP contribution is 2.37. The molecule has 3 heterocycles. The van der Waals surface area contributed by atoms with Crippen LogP contribution in [0.4, 0.5) is 11.4 Å². The molecule has 2 aromatic carbocycles. The third kappa shape index (κ3) is 9.53. The van der Waals surface area contributed by atoms with E-state index in [-0.39, 0.29) is 30.8 Å². The van der Waals surface area contributed by atoms with Crippen LogP contribution in [0.3, 0.4) is 0 Å². The van der Waals surface area contributed by atoms with Gasteiger partial charge in [-0.2, -0.15) is 10.2 Å². The van der Waals surface area contributed by atoms with Crippen molar-refractivity contribution in [3.63, 3.8) is 0 Å². The van der Waals surface area contributed by atoms with Crippen molar-refractivity contribution in [2.75, 3.05) is 38.9 Å². The smallest absolute Gasteiger partial charge is 0.494 e. The van der Waals surface area contributed by atoms with Crippen LogP contribution in [0.5, 0.6) is 11.5 Å². The molecular weight excluding hydrogens is 679 g/mol. The van der Waals surface area contributed by atoms with Crippen molar-refractivity contribution in [2.24, 2.45) is 0 Å². The highest BCUT2D eigenvalue weighted by Gasteiger charge is 2.52. The van der Waals surface area contributed by atoms with Gasteiger partial charge in [-0.15, -0.1) is 0 Å². The van der Waals surface area contributed by atoms with Crippen LogP contribution >= 0.6 is 15.9 Å². The Balaban J connectivity index is 0.000000205. The number of ether oxygens (including phenoxy) is 4. The van der Waals surface area contributed by atoms with Gasteiger partial charge in [-0.25, -0.2) is 9.36 Å². The minimum absolute atomic E-state index is 0.0822. The number of rotatable bonds is 10. The fraction of sp³-hybridized carbons (Fsp3) is 0.471. The zero-order chi connectivity index (χ0) is 35.6. The summed E-state index contributed by atoms with van der Waals surface area (Å²) in [4.78, 5) is 0. The minimum atomic E-state index is -0.368. The zero-order valence-corrected chi connectivity index (χ0v) is 31.3. The van der Waals surface area contributed by atoms with Crippen LogP contribution < -0.4 is 26.4 Å². The molecule has 0 saturated carbocycles. The molecule has 2 aromatic heterocycles. The number of hydrogen-bond donors (Lipinski definition) is 2. The van der Waals surface area contributed by atoms with Crippen LogP contribution in [-0.2, 0) is 18.8 Å². The molecule has 1 fully saturated rings. The summed E-state index contributed by atoms with van der Waals surface area (Å²) in [7, 11) is 2.84. The lowest BCUT2D eigenvalue weighted by Crippen LogP contribution is -2.41. The first kappa shape index (κ1) is 38.9. The van der Waals surface area contributed by atoms with Gasteiger partial charge in [0.1, 0.15) is 18.2 Å². The summed E-state index contributed by atoms with van der Waals surface area (Å²) in [6.45, 7) is 17.3. The van der Waals surface area contributed by atoms with E-state index in [1.54, 1.807) is 42.0 Å². The largest absolute Gasteiger partial charge is 0.498 e. The molecule has 14 heteroatoms. The Morgan fingerprint density at radius 1 is 0.792 bits per heavy atom. The van der Waals surface area contributed by atoms with Gasteiger partial charge in [-0.05, 0) is 89.5 Å². The molecule has 4 N–H and O–H groups in total. The molecule has 262 valence electrons. The standard InChI is InChI=1S/C14H19N3O2.C13H23BN2O3.C7H8BrNO/c1-4-19-10(2)17-9-11(8-16-17)12-6-5-7-13(15)14(12)18-3;1-7-17-10(2)16-9-11(8-15-16)14-18-12(3,4)13(5,6)19-14;1-10-7-5(8)3-2-4-6(7)9/h5-10H,4,15H2,1-3H3;8-10H,7H2,1-6H3;2-4H,9H2,1H3. The molecule has 0 spiro atoms. The highest BCUT2D eigenvalue weighted by atomic mass is 79.9. The molecule has 48 heavy (non-hydrogen) atoms. The van der Waals surface area contributed by atoms with Crippen molar-refractivity contribution in [3.05, 3.63) is 65.7 Å². The second-order valence-corrected chi connectivity index (χ2v) is 12.8. The lowest BCUT2D eigenvalue weighted by molar-refractivity contribution is 0.00578. The summed E-state index contributed by atoms with van der Waals surface area (Å²) in [6.07, 6.45) is 7.23. The predicted octanol–water partition coefficient (Wildman–Crippen LogP) is 6.47. The van der Waals surface area contributed by atoms with Crippen LogP contribution in [0.25, 0.3) is 11.1 Å². The van der Waals surface area contributed by atoms with Gasteiger partial charge in [-0.1, -0.05) is 18.2 Å². The second kappa shape index (κ2) is 17.2. The van der Waals surface area contributed by atoms with Crippen molar-refractivity contribution in [1.29, 1.82) is 0 Å². The molecule has 0 radical (unpaired) electrons. The van der Waals surface area contributed by atoms with Gasteiger partial charge in [-0.3, -0.25) is 0 Å². The molecule has 1 aliphatic heterocycles. The van der Waals surface area contributed by atoms with Gasteiger partial charge in [0.25, 0.3) is 0 Å². The monoisotopic (exact) mass is 728 g/mol. The van der Waals surface area contributed by atoms with E-state index >= 15 is 0 Å². The Hall–Kier alpha value is -3.56. The van der Waals surface area contributed by atoms with Crippen molar-refractivity contribution < 1.29 is 28.3 Å². The van der Waals surface area contributed by atoms with E-state index < -0.39 is 0 Å². The molecule has 1 aliphatic rings. The van der Waals surface area contributed by atoms with E-state index in [1.165, 1.54) is 0 Å². The fourth-order valence-corrected chi connectivity index (χ4v) is 5.26. The number of aromatic nitrogens is 4. The third-order valence-corrected chi connectivity index (χ3v) is 8.70. The summed E-state index contributed by atoms with van der Waals surface area (Å²) >= 11 is 3.30. The van der Waals surface area contributed by atoms with Gasteiger partial charge in [0.05, 0.1) is 47.5 Å². The summed E-state index contributed by atoms with van der Waals surface area (Å²) in [5, 5.41) is 8.62. The number of nitrogen functional groups attached to an aromatic ring is 2. The number of anilines is 2. The molecule has 0 bridgehead atoms. The molecule has 1 saturated heterocycles. The average Bonchev–Trinajstić information content (AvgIpc) is 3.77. The number of para-hydroxylation sites is 2. The first-order chi connectivity index (χ1) is 22.7. The number of nitrogens with zero attached hydrogens (tertiary/aromatic N) is 4. The topological polar surface area (TPSA) is 143 Å². The summed E-state index contributed by atoms with van der Waals surface area (Å²) in [5.74, 6) is 1.37. The first-order valence-electron chi connectivity index (χ1n) is 15.9. The molecule has 12 nitrogen and oxygen atoms in total. The predicted molar refractivity (Wildman–Crippen MR) is 194 cm³/mol. The maximum absolute atomic E-state index is 5.99. The Labute approximate surface area is 293 Å². The quantitative estimate of drug-likeness (QED) is 0.138. The van der Waals surface area contributed by atoms with E-state index in [2.05, 4.69) is 26.1 Å². The van der Waals surface area contributed by atoms with E-state index in [9.17, 15) is 0 Å². The Bertz CT molecular complexity index is 1560. The number of halogens is 1. The number of benzene rings is 2. The van der Waals surface area contributed by atoms with E-state index in [1.807, 2.05) is 98.1 Å². The highest BCUT2D eigenvalue weighted by molar-refractivity contribution is 9.10. The van der Waals surface area contributed by atoms with Crippen LogP contribution in [-0.4, -0.2) is 65.3 Å². The lowest BCUT2D eigenvalue weighted by atomic mass is 9.82. The van der Waals surface area contributed by atoms with E-state index in [0.717, 1.165) is 21.1 Å².